The van der Waals surface area contributed by atoms with Gasteiger partial charge >= 0.3 is 12.1 Å². The van der Waals surface area contributed by atoms with E-state index in [0.717, 1.165) is 5.56 Å². The van der Waals surface area contributed by atoms with Crippen molar-refractivity contribution in [1.82, 2.24) is 15.5 Å². The number of esters is 1. The van der Waals surface area contributed by atoms with Gasteiger partial charge in [0.05, 0.1) is 0 Å². The van der Waals surface area contributed by atoms with Gasteiger partial charge in [-0.3, -0.25) is 9.59 Å². The molecule has 2 aromatic carbocycles. The molecule has 242 valence electrons. The molecule has 0 bridgehead atoms. The second-order valence-electron chi connectivity index (χ2n) is 14.0. The van der Waals surface area contributed by atoms with Gasteiger partial charge in [-0.05, 0) is 105 Å². The van der Waals surface area contributed by atoms with Gasteiger partial charge in [-0.25, -0.2) is 9.59 Å². The number of carbonyl (C=O) groups is 4. The van der Waals surface area contributed by atoms with E-state index in [1.54, 1.807) is 81.4 Å². The van der Waals surface area contributed by atoms with Crippen molar-refractivity contribution in [3.05, 3.63) is 65.2 Å². The lowest BCUT2D eigenvalue weighted by atomic mass is 9.94. The minimum absolute atomic E-state index is 0.0252. The van der Waals surface area contributed by atoms with E-state index >= 15 is 0 Å². The number of nitrogens with zero attached hydrogens (tertiary/aromatic N) is 1. The molecule has 0 aliphatic rings. The van der Waals surface area contributed by atoms with Crippen LogP contribution in [-0.4, -0.2) is 62.7 Å². The molecular weight excluding hydrogens is 562 g/mol. The third-order valence-corrected chi connectivity index (χ3v) is 6.40. The van der Waals surface area contributed by atoms with Gasteiger partial charge in [0.1, 0.15) is 35.1 Å². The first-order valence-corrected chi connectivity index (χ1v) is 14.8. The lowest BCUT2D eigenvalue weighted by Crippen LogP contribution is -2.59. The van der Waals surface area contributed by atoms with E-state index in [9.17, 15) is 24.3 Å². The molecule has 0 spiro atoms. The molecule has 10 heteroatoms. The number of phenols is 1. The predicted octanol–water partition coefficient (Wildman–Crippen LogP) is 5.35. The molecule has 3 N–H and O–H groups in total. The normalized spacial score (nSPS) is 14.1. The minimum atomic E-state index is -1.25. The summed E-state index contributed by atoms with van der Waals surface area (Å²) in [7, 11) is 0. The molecule has 2 rings (SSSR count). The molecule has 10 nitrogen and oxygen atoms in total. The zero-order valence-electron chi connectivity index (χ0n) is 27.9. The first-order chi connectivity index (χ1) is 20.1. The fourth-order valence-electron chi connectivity index (χ4n) is 4.53. The molecule has 2 aromatic rings. The van der Waals surface area contributed by atoms with Crippen LogP contribution in [0.4, 0.5) is 4.79 Å². The molecule has 0 aromatic heterocycles. The number of aryl methyl sites for hydroxylation is 1. The molecule has 3 amide bonds. The Hall–Kier alpha value is -4.08. The van der Waals surface area contributed by atoms with Crippen molar-refractivity contribution >= 4 is 23.9 Å². The first kappa shape index (κ1) is 36.1. The fourth-order valence-corrected chi connectivity index (χ4v) is 4.53. The molecule has 0 aliphatic carbocycles. The number of nitrogens with one attached hydrogen (secondary N) is 2. The van der Waals surface area contributed by atoms with Crippen LogP contribution in [0.15, 0.2) is 48.5 Å². The summed E-state index contributed by atoms with van der Waals surface area (Å²) in [6.45, 7) is 18.9. The van der Waals surface area contributed by atoms with Crippen molar-refractivity contribution in [1.29, 1.82) is 0 Å². The molecular formula is C34H49N3O7. The number of amides is 3. The highest BCUT2D eigenvalue weighted by atomic mass is 16.6. The van der Waals surface area contributed by atoms with Crippen LogP contribution in [0.1, 0.15) is 92.0 Å². The Morgan fingerprint density at radius 1 is 0.841 bits per heavy atom. The van der Waals surface area contributed by atoms with Gasteiger partial charge < -0.3 is 30.1 Å². The number of aromatic hydroxyl groups is 1. The highest BCUT2D eigenvalue weighted by molar-refractivity contribution is 5.94. The van der Waals surface area contributed by atoms with Gasteiger partial charge in [0.15, 0.2) is 0 Å². The summed E-state index contributed by atoms with van der Waals surface area (Å²) in [6, 6.07) is 10.5. The Balaban J connectivity index is 2.60. The molecule has 0 aliphatic heterocycles. The van der Waals surface area contributed by atoms with Crippen molar-refractivity contribution in [2.24, 2.45) is 0 Å². The Bertz CT molecular complexity index is 1320. The molecule has 3 atom stereocenters. The topological polar surface area (TPSA) is 134 Å². The van der Waals surface area contributed by atoms with Gasteiger partial charge in [-0.15, -0.1) is 0 Å². The third-order valence-electron chi connectivity index (χ3n) is 6.40. The summed E-state index contributed by atoms with van der Waals surface area (Å²) in [5.41, 5.74) is -0.809. The maximum absolute atomic E-state index is 14.3. The van der Waals surface area contributed by atoms with Crippen LogP contribution in [0, 0.1) is 6.92 Å². The quantitative estimate of drug-likeness (QED) is 0.326. The van der Waals surface area contributed by atoms with E-state index in [1.165, 1.54) is 17.9 Å². The Kier molecular flexibility index (Phi) is 11.6. The lowest BCUT2D eigenvalue weighted by Gasteiger charge is -2.43. The van der Waals surface area contributed by atoms with E-state index < -0.39 is 58.7 Å². The largest absolute Gasteiger partial charge is 0.508 e. The number of hydrogen-bond acceptors (Lipinski definition) is 7. The number of alkyl carbamates (subject to hydrolysis) is 1. The monoisotopic (exact) mass is 611 g/mol. The van der Waals surface area contributed by atoms with E-state index in [0.29, 0.717) is 11.1 Å². The molecule has 3 unspecified atom stereocenters. The van der Waals surface area contributed by atoms with Crippen LogP contribution in [0.3, 0.4) is 0 Å². The van der Waals surface area contributed by atoms with Crippen LogP contribution in [-0.2, 0) is 30.3 Å². The van der Waals surface area contributed by atoms with E-state index in [2.05, 4.69) is 10.6 Å². The molecule has 0 radical (unpaired) electrons. The van der Waals surface area contributed by atoms with E-state index in [-0.39, 0.29) is 12.2 Å². The number of benzene rings is 2. The Labute approximate surface area is 261 Å². The second kappa shape index (κ2) is 14.1. The summed E-state index contributed by atoms with van der Waals surface area (Å²) in [6.07, 6.45) is -0.621. The molecule has 44 heavy (non-hydrogen) atoms. The van der Waals surface area contributed by atoms with Crippen LogP contribution in [0.25, 0.3) is 0 Å². The summed E-state index contributed by atoms with van der Waals surface area (Å²) >= 11 is 0. The third kappa shape index (κ3) is 10.9. The molecule has 0 fully saturated rings. The average molecular weight is 612 g/mol. The van der Waals surface area contributed by atoms with Crippen molar-refractivity contribution in [2.45, 2.75) is 117 Å². The van der Waals surface area contributed by atoms with Crippen molar-refractivity contribution in [3.63, 3.8) is 0 Å². The smallest absolute Gasteiger partial charge is 0.408 e. The van der Waals surface area contributed by atoms with Gasteiger partial charge in [0.25, 0.3) is 0 Å². The lowest BCUT2D eigenvalue weighted by molar-refractivity contribution is -0.159. The zero-order valence-corrected chi connectivity index (χ0v) is 27.9. The summed E-state index contributed by atoms with van der Waals surface area (Å²) in [5, 5.41) is 15.7. The average Bonchev–Trinajstić information content (AvgIpc) is 2.85. The number of carbonyl (C=O) groups excluding carboxylic acids is 4. The summed E-state index contributed by atoms with van der Waals surface area (Å²) in [4.78, 5) is 55.8. The Morgan fingerprint density at radius 3 is 1.91 bits per heavy atom. The first-order valence-electron chi connectivity index (χ1n) is 14.8. The number of rotatable bonds is 9. The summed E-state index contributed by atoms with van der Waals surface area (Å²) in [5.74, 6) is -1.78. The zero-order chi connectivity index (χ0) is 33.6. The molecule has 0 heterocycles. The number of hydrogen-bond donors (Lipinski definition) is 3. The highest BCUT2D eigenvalue weighted by Gasteiger charge is 2.42. The van der Waals surface area contributed by atoms with Crippen LogP contribution in [0.5, 0.6) is 5.75 Å². The maximum atomic E-state index is 14.3. The maximum Gasteiger partial charge on any atom is 0.408 e. The van der Waals surface area contributed by atoms with Gasteiger partial charge in [-0.1, -0.05) is 36.4 Å². The number of phenolic OH excluding ortho intramolecular Hbond substituents is 1. The SMILES string of the molecule is Cc1cc(C(C(=O)NC(Cc2ccccc2)C(=O)OC(C)(C)C)N(C(=O)C(C)NC(=O)OC(C)(C)C)C(C)(C)C)ccc1O. The van der Waals surface area contributed by atoms with Gasteiger partial charge in [0, 0.05) is 12.0 Å². The standard InChI is InChI=1S/C34H49N3O7/c1-21-19-24(17-18-26(21)38)27(37(32(3,4)5)29(40)22(2)35-31(42)44-34(9,10)11)28(39)36-25(30(41)43-33(6,7)8)20-23-15-13-12-14-16-23/h12-19,22,25,27,38H,20H2,1-11H3,(H,35,42)(H,36,39). The van der Waals surface area contributed by atoms with Gasteiger partial charge in [-0.2, -0.15) is 0 Å². The van der Waals surface area contributed by atoms with Crippen LogP contribution >= 0.6 is 0 Å². The highest BCUT2D eigenvalue weighted by Crippen LogP contribution is 2.32. The van der Waals surface area contributed by atoms with E-state index in [1.807, 2.05) is 30.3 Å². The minimum Gasteiger partial charge on any atom is -0.508 e. The van der Waals surface area contributed by atoms with Gasteiger partial charge in [0.2, 0.25) is 11.8 Å². The predicted molar refractivity (Wildman–Crippen MR) is 169 cm³/mol. The van der Waals surface area contributed by atoms with Crippen LogP contribution < -0.4 is 10.6 Å². The van der Waals surface area contributed by atoms with Crippen molar-refractivity contribution in [3.8, 4) is 5.75 Å². The second-order valence-corrected chi connectivity index (χ2v) is 14.0. The van der Waals surface area contributed by atoms with Crippen LogP contribution in [0.2, 0.25) is 0 Å². The fraction of sp³-hybridized carbons (Fsp3) is 0.529. The molecule has 0 saturated heterocycles. The van der Waals surface area contributed by atoms with Crippen molar-refractivity contribution in [2.75, 3.05) is 0 Å². The summed E-state index contributed by atoms with van der Waals surface area (Å²) < 4.78 is 11.0. The van der Waals surface area contributed by atoms with E-state index in [4.69, 9.17) is 9.47 Å². The number of ether oxygens (including phenoxy) is 2. The van der Waals surface area contributed by atoms with Crippen molar-refractivity contribution < 1.29 is 33.8 Å². The molecule has 0 saturated carbocycles. The Morgan fingerprint density at radius 2 is 1.41 bits per heavy atom.